The number of nitrogens with two attached hydrogens (primary N) is 1. The van der Waals surface area contributed by atoms with Crippen LogP contribution in [0.4, 0.5) is 5.82 Å². The van der Waals surface area contributed by atoms with Gasteiger partial charge >= 0.3 is 0 Å². The maximum absolute atomic E-state index is 12.9. The maximum Gasteiger partial charge on any atom is 0.264 e. The van der Waals surface area contributed by atoms with Gasteiger partial charge in [-0.05, 0) is 48.9 Å². The fourth-order valence-corrected chi connectivity index (χ4v) is 4.45. The van der Waals surface area contributed by atoms with Crippen molar-refractivity contribution in [1.82, 2.24) is 14.8 Å². The zero-order valence-electron chi connectivity index (χ0n) is 14.2. The van der Waals surface area contributed by atoms with Gasteiger partial charge in [0.2, 0.25) is 0 Å². The van der Waals surface area contributed by atoms with Gasteiger partial charge in [0, 0.05) is 19.3 Å². The van der Waals surface area contributed by atoms with Crippen LogP contribution in [0.1, 0.15) is 37.6 Å². The number of anilines is 1. The minimum atomic E-state index is -0.0168. The first-order valence-corrected chi connectivity index (χ1v) is 9.23. The number of nitrogens with zero attached hydrogens (tertiary/aromatic N) is 3. The first kappa shape index (κ1) is 16.1. The number of rotatable bonds is 2. The lowest BCUT2D eigenvalue weighted by Gasteiger charge is -2.34. The summed E-state index contributed by atoms with van der Waals surface area (Å²) in [6, 6.07) is 3.94. The Labute approximate surface area is 150 Å². The van der Waals surface area contributed by atoms with E-state index < -0.39 is 0 Å². The predicted molar refractivity (Wildman–Crippen MR) is 96.7 cm³/mol. The number of amides is 2. The zero-order chi connectivity index (χ0) is 17.7. The second-order valence-electron chi connectivity index (χ2n) is 6.72. The van der Waals surface area contributed by atoms with Gasteiger partial charge < -0.3 is 15.5 Å². The summed E-state index contributed by atoms with van der Waals surface area (Å²) in [5, 5.41) is 1.95. The van der Waals surface area contributed by atoms with E-state index in [9.17, 15) is 9.59 Å². The predicted octanol–water partition coefficient (Wildman–Crippen LogP) is 2.08. The molecule has 1 aliphatic carbocycles. The van der Waals surface area contributed by atoms with Gasteiger partial charge in [-0.3, -0.25) is 9.59 Å². The molecule has 6 nitrogen and oxygen atoms in total. The molecule has 0 aromatic carbocycles. The first-order chi connectivity index (χ1) is 12.0. The number of thiophene rings is 1. The van der Waals surface area contributed by atoms with Crippen molar-refractivity contribution in [2.45, 2.75) is 32.4 Å². The Hall–Kier alpha value is -2.41. The molecule has 0 spiro atoms. The van der Waals surface area contributed by atoms with Crippen LogP contribution in [0.5, 0.6) is 0 Å². The van der Waals surface area contributed by atoms with Gasteiger partial charge in [-0.15, -0.1) is 11.3 Å². The average molecular weight is 356 g/mol. The summed E-state index contributed by atoms with van der Waals surface area (Å²) in [5.41, 5.74) is 8.12. The number of nitrogen functional groups attached to an aromatic ring is 1. The summed E-state index contributed by atoms with van der Waals surface area (Å²) in [4.78, 5) is 34.3. The Kier molecular flexibility index (Phi) is 3.76. The number of pyridine rings is 1. The summed E-state index contributed by atoms with van der Waals surface area (Å²) in [6.07, 6.45) is 2.40. The number of aryl methyl sites for hydroxylation is 2. The highest BCUT2D eigenvalue weighted by Crippen LogP contribution is 2.39. The minimum absolute atomic E-state index is 0.0168. The third kappa shape index (κ3) is 2.68. The van der Waals surface area contributed by atoms with Crippen molar-refractivity contribution in [2.24, 2.45) is 0 Å². The van der Waals surface area contributed by atoms with Crippen molar-refractivity contribution in [2.75, 3.05) is 18.8 Å². The lowest BCUT2D eigenvalue weighted by molar-refractivity contribution is 0.0528. The molecule has 7 heteroatoms. The van der Waals surface area contributed by atoms with Crippen molar-refractivity contribution in [3.8, 4) is 0 Å². The lowest BCUT2D eigenvalue weighted by atomic mass is 10.1. The Morgan fingerprint density at radius 1 is 1.16 bits per heavy atom. The molecule has 4 rings (SSSR count). The van der Waals surface area contributed by atoms with Gasteiger partial charge in [-0.1, -0.05) is 0 Å². The molecule has 2 amide bonds. The molecule has 0 radical (unpaired) electrons. The van der Waals surface area contributed by atoms with Crippen LogP contribution in [0.3, 0.4) is 0 Å². The monoisotopic (exact) mass is 356 g/mol. The van der Waals surface area contributed by atoms with Crippen LogP contribution in [0.15, 0.2) is 23.7 Å². The average Bonchev–Trinajstić information content (AvgIpc) is 3.27. The van der Waals surface area contributed by atoms with Gasteiger partial charge in [0.05, 0.1) is 22.5 Å². The van der Waals surface area contributed by atoms with E-state index >= 15 is 0 Å². The number of carbonyl (C=O) groups excluding carboxylic acids is 2. The molecule has 1 aliphatic heterocycles. The summed E-state index contributed by atoms with van der Waals surface area (Å²) in [5.74, 6) is 0.495. The van der Waals surface area contributed by atoms with E-state index in [2.05, 4.69) is 4.98 Å². The molecule has 1 saturated heterocycles. The van der Waals surface area contributed by atoms with E-state index in [1.165, 1.54) is 11.3 Å². The molecule has 2 aromatic rings. The zero-order valence-corrected chi connectivity index (χ0v) is 15.0. The number of piperazine rings is 1. The third-order valence-electron chi connectivity index (χ3n) is 5.05. The highest BCUT2D eigenvalue weighted by molar-refractivity contribution is 7.12. The highest BCUT2D eigenvalue weighted by Gasteiger charge is 2.52. The fourth-order valence-electron chi connectivity index (χ4n) is 3.57. The second kappa shape index (κ2) is 5.84. The molecule has 130 valence electrons. The van der Waals surface area contributed by atoms with E-state index in [0.29, 0.717) is 24.5 Å². The van der Waals surface area contributed by atoms with Gasteiger partial charge in [0.1, 0.15) is 5.82 Å². The standard InChI is InChI=1S/C18H20N4O2S/c1-10-3-6-25-16(10)18(24)22-5-4-21(13-8-14(13)22)17(23)12-9-20-15(19)7-11(12)2/h3,6-7,9,13-14H,4-5,8H2,1-2H3,(H2,19,20). The lowest BCUT2D eigenvalue weighted by Crippen LogP contribution is -2.50. The van der Waals surface area contributed by atoms with Crippen LogP contribution < -0.4 is 5.73 Å². The van der Waals surface area contributed by atoms with E-state index in [4.69, 9.17) is 5.73 Å². The van der Waals surface area contributed by atoms with Crippen molar-refractivity contribution >= 4 is 29.0 Å². The van der Waals surface area contributed by atoms with Gasteiger partial charge in [0.25, 0.3) is 11.8 Å². The molecular formula is C18H20N4O2S. The largest absolute Gasteiger partial charge is 0.384 e. The van der Waals surface area contributed by atoms with Crippen molar-refractivity contribution in [3.05, 3.63) is 45.3 Å². The van der Waals surface area contributed by atoms with Crippen LogP contribution in [0.2, 0.25) is 0 Å². The summed E-state index contributed by atoms with van der Waals surface area (Å²) >= 11 is 1.49. The summed E-state index contributed by atoms with van der Waals surface area (Å²) < 4.78 is 0. The first-order valence-electron chi connectivity index (χ1n) is 8.35. The number of hydrogen-bond donors (Lipinski definition) is 1. The van der Waals surface area contributed by atoms with Crippen LogP contribution in [-0.2, 0) is 0 Å². The molecule has 2 unspecified atom stereocenters. The van der Waals surface area contributed by atoms with E-state index in [-0.39, 0.29) is 23.9 Å². The van der Waals surface area contributed by atoms with Crippen LogP contribution in [0.25, 0.3) is 0 Å². The quantitative estimate of drug-likeness (QED) is 0.893. The van der Waals surface area contributed by atoms with Crippen molar-refractivity contribution in [3.63, 3.8) is 0 Å². The second-order valence-corrected chi connectivity index (χ2v) is 7.64. The number of carbonyl (C=O) groups is 2. The Balaban J connectivity index is 1.50. The minimum Gasteiger partial charge on any atom is -0.384 e. The number of hydrogen-bond acceptors (Lipinski definition) is 5. The van der Waals surface area contributed by atoms with Gasteiger partial charge in [-0.25, -0.2) is 4.98 Å². The van der Waals surface area contributed by atoms with Crippen molar-refractivity contribution < 1.29 is 9.59 Å². The molecule has 2 atom stereocenters. The van der Waals surface area contributed by atoms with Crippen LogP contribution >= 0.6 is 11.3 Å². The SMILES string of the molecule is Cc1cc(N)ncc1C(=O)N1CCN(C(=O)c2sccc2C)C2CC21. The third-order valence-corrected chi connectivity index (χ3v) is 6.05. The topological polar surface area (TPSA) is 79.5 Å². The molecule has 25 heavy (non-hydrogen) atoms. The Bertz CT molecular complexity index is 863. The highest BCUT2D eigenvalue weighted by atomic mass is 32.1. The van der Waals surface area contributed by atoms with Crippen LogP contribution in [-0.4, -0.2) is 51.8 Å². The van der Waals surface area contributed by atoms with Gasteiger partial charge in [0.15, 0.2) is 0 Å². The number of aromatic nitrogens is 1. The molecular weight excluding hydrogens is 336 g/mol. The maximum atomic E-state index is 12.9. The van der Waals surface area contributed by atoms with E-state index in [0.717, 1.165) is 22.4 Å². The summed E-state index contributed by atoms with van der Waals surface area (Å²) in [7, 11) is 0. The van der Waals surface area contributed by atoms with Crippen LogP contribution in [0, 0.1) is 13.8 Å². The molecule has 0 bridgehead atoms. The fraction of sp³-hybridized carbons (Fsp3) is 0.389. The molecule has 2 fully saturated rings. The number of fused-ring (bicyclic) bond motifs is 1. The van der Waals surface area contributed by atoms with E-state index in [1.54, 1.807) is 12.3 Å². The summed E-state index contributed by atoms with van der Waals surface area (Å²) in [6.45, 7) is 4.96. The Morgan fingerprint density at radius 3 is 2.44 bits per heavy atom. The van der Waals surface area contributed by atoms with Crippen molar-refractivity contribution in [1.29, 1.82) is 0 Å². The normalized spacial score (nSPS) is 21.8. The molecule has 2 N–H and O–H groups in total. The molecule has 3 heterocycles. The molecule has 2 aliphatic rings. The Morgan fingerprint density at radius 2 is 1.84 bits per heavy atom. The molecule has 1 saturated carbocycles. The smallest absolute Gasteiger partial charge is 0.264 e. The van der Waals surface area contributed by atoms with E-state index in [1.807, 2.05) is 35.1 Å². The molecule has 2 aromatic heterocycles. The van der Waals surface area contributed by atoms with Gasteiger partial charge in [-0.2, -0.15) is 0 Å².